The lowest BCUT2D eigenvalue weighted by molar-refractivity contribution is 0.0793. The van der Waals surface area contributed by atoms with Crippen molar-refractivity contribution in [1.82, 2.24) is 9.80 Å². The molecule has 1 aliphatic heterocycles. The molecular formula is C17H24N2O2. The zero-order chi connectivity index (χ0) is 15.1. The summed E-state index contributed by atoms with van der Waals surface area (Å²) in [4.78, 5) is 16.3. The molecule has 4 nitrogen and oxygen atoms in total. The number of rotatable bonds is 7. The molecule has 1 amide bonds. The van der Waals surface area contributed by atoms with Gasteiger partial charge in [0, 0.05) is 38.3 Å². The number of amides is 1. The third-order valence-electron chi connectivity index (χ3n) is 3.80. The first-order chi connectivity index (χ1) is 10.2. The Morgan fingerprint density at radius 2 is 1.95 bits per heavy atom. The Morgan fingerprint density at radius 3 is 2.52 bits per heavy atom. The van der Waals surface area contributed by atoms with Gasteiger partial charge in [0.05, 0.1) is 6.61 Å². The maximum atomic E-state index is 12.3. The quantitative estimate of drug-likeness (QED) is 0.779. The highest BCUT2D eigenvalue weighted by molar-refractivity contribution is 5.94. The number of nitrogens with zero attached hydrogens (tertiary/aromatic N) is 2. The second-order valence-corrected chi connectivity index (χ2v) is 5.44. The van der Waals surface area contributed by atoms with Crippen molar-refractivity contribution in [2.75, 3.05) is 32.8 Å². The first-order valence-corrected chi connectivity index (χ1v) is 7.57. The van der Waals surface area contributed by atoms with Crippen LogP contribution in [0.4, 0.5) is 0 Å². The Morgan fingerprint density at radius 1 is 1.29 bits per heavy atom. The molecule has 0 radical (unpaired) electrons. The lowest BCUT2D eigenvalue weighted by Crippen LogP contribution is -2.28. The molecule has 4 heteroatoms. The summed E-state index contributed by atoms with van der Waals surface area (Å²) >= 11 is 0. The largest absolute Gasteiger partial charge is 0.395 e. The number of carbonyl (C=O) groups is 1. The van der Waals surface area contributed by atoms with Crippen LogP contribution in [0.25, 0.3) is 0 Å². The summed E-state index contributed by atoms with van der Waals surface area (Å²) in [5.41, 5.74) is 1.90. The molecule has 1 aromatic carbocycles. The highest BCUT2D eigenvalue weighted by atomic mass is 16.3. The minimum atomic E-state index is 0.136. The van der Waals surface area contributed by atoms with E-state index in [0.717, 1.165) is 50.1 Å². The van der Waals surface area contributed by atoms with Gasteiger partial charge in [0.25, 0.3) is 5.91 Å². The summed E-state index contributed by atoms with van der Waals surface area (Å²) in [6, 6.07) is 7.80. The van der Waals surface area contributed by atoms with Crippen LogP contribution in [0.1, 0.15) is 28.8 Å². The standard InChI is InChI=1S/C17H24N2O2/c1-2-9-18(12-13-20)14-15-5-7-16(8-6-15)17(21)19-10-3-4-11-19/h2,5-8,20H,1,3-4,9-14H2. The molecule has 1 N–H and O–H groups in total. The molecule has 114 valence electrons. The zero-order valence-electron chi connectivity index (χ0n) is 12.5. The Balaban J connectivity index is 1.97. The van der Waals surface area contributed by atoms with Gasteiger partial charge in [0.1, 0.15) is 0 Å². The van der Waals surface area contributed by atoms with Gasteiger partial charge in [-0.05, 0) is 30.5 Å². The average Bonchev–Trinajstić information content (AvgIpc) is 3.02. The molecule has 1 aromatic rings. The normalized spacial score (nSPS) is 14.7. The summed E-state index contributed by atoms with van der Waals surface area (Å²) in [5.74, 6) is 0.136. The van der Waals surface area contributed by atoms with Crippen LogP contribution >= 0.6 is 0 Å². The highest BCUT2D eigenvalue weighted by Crippen LogP contribution is 2.14. The van der Waals surface area contributed by atoms with Gasteiger partial charge in [0.15, 0.2) is 0 Å². The fourth-order valence-electron chi connectivity index (χ4n) is 2.67. The van der Waals surface area contributed by atoms with E-state index >= 15 is 0 Å². The van der Waals surface area contributed by atoms with Gasteiger partial charge in [0.2, 0.25) is 0 Å². The van der Waals surface area contributed by atoms with E-state index < -0.39 is 0 Å². The summed E-state index contributed by atoms with van der Waals surface area (Å²) in [6.07, 6.45) is 4.06. The van der Waals surface area contributed by atoms with Gasteiger partial charge in [-0.15, -0.1) is 6.58 Å². The first-order valence-electron chi connectivity index (χ1n) is 7.57. The van der Waals surface area contributed by atoms with E-state index in [2.05, 4.69) is 11.5 Å². The van der Waals surface area contributed by atoms with Crippen molar-refractivity contribution < 1.29 is 9.90 Å². The van der Waals surface area contributed by atoms with Crippen molar-refractivity contribution in [3.8, 4) is 0 Å². The smallest absolute Gasteiger partial charge is 0.253 e. The van der Waals surface area contributed by atoms with Gasteiger partial charge >= 0.3 is 0 Å². The van der Waals surface area contributed by atoms with Crippen molar-refractivity contribution in [3.63, 3.8) is 0 Å². The first kappa shape index (κ1) is 15.7. The van der Waals surface area contributed by atoms with E-state index in [-0.39, 0.29) is 12.5 Å². The van der Waals surface area contributed by atoms with Crippen molar-refractivity contribution in [1.29, 1.82) is 0 Å². The van der Waals surface area contributed by atoms with Crippen LogP contribution in [-0.4, -0.2) is 53.6 Å². The lowest BCUT2D eigenvalue weighted by atomic mass is 10.1. The molecular weight excluding hydrogens is 264 g/mol. The van der Waals surface area contributed by atoms with Crippen LogP contribution in [0.3, 0.4) is 0 Å². The SMILES string of the molecule is C=CCN(CCO)Cc1ccc(C(=O)N2CCCC2)cc1. The van der Waals surface area contributed by atoms with Crippen LogP contribution in [0.5, 0.6) is 0 Å². The van der Waals surface area contributed by atoms with Crippen molar-refractivity contribution >= 4 is 5.91 Å². The maximum absolute atomic E-state index is 12.3. The van der Waals surface area contributed by atoms with E-state index in [0.29, 0.717) is 6.54 Å². The minimum Gasteiger partial charge on any atom is -0.395 e. The van der Waals surface area contributed by atoms with Crippen LogP contribution in [0.2, 0.25) is 0 Å². The fourth-order valence-corrected chi connectivity index (χ4v) is 2.67. The minimum absolute atomic E-state index is 0.136. The van der Waals surface area contributed by atoms with Gasteiger partial charge in [-0.1, -0.05) is 18.2 Å². The molecule has 0 aliphatic carbocycles. The zero-order valence-corrected chi connectivity index (χ0v) is 12.5. The Labute approximate surface area is 126 Å². The third kappa shape index (κ3) is 4.41. The molecule has 0 unspecified atom stereocenters. The summed E-state index contributed by atoms with van der Waals surface area (Å²) < 4.78 is 0. The maximum Gasteiger partial charge on any atom is 0.253 e. The topological polar surface area (TPSA) is 43.8 Å². The Kier molecular flexibility index (Phi) is 5.96. The molecule has 1 heterocycles. The van der Waals surface area contributed by atoms with E-state index in [1.54, 1.807) is 0 Å². The highest BCUT2D eigenvalue weighted by Gasteiger charge is 2.19. The second-order valence-electron chi connectivity index (χ2n) is 5.44. The molecule has 1 fully saturated rings. The van der Waals surface area contributed by atoms with Gasteiger partial charge in [-0.2, -0.15) is 0 Å². The molecule has 0 atom stereocenters. The number of benzene rings is 1. The molecule has 0 spiro atoms. The van der Waals surface area contributed by atoms with Crippen LogP contribution in [0, 0.1) is 0 Å². The van der Waals surface area contributed by atoms with Crippen LogP contribution in [-0.2, 0) is 6.54 Å². The molecule has 2 rings (SSSR count). The number of likely N-dealkylation sites (tertiary alicyclic amines) is 1. The van der Waals surface area contributed by atoms with E-state index in [4.69, 9.17) is 5.11 Å². The van der Waals surface area contributed by atoms with Crippen molar-refractivity contribution in [3.05, 3.63) is 48.0 Å². The van der Waals surface area contributed by atoms with E-state index in [9.17, 15) is 4.79 Å². The van der Waals surface area contributed by atoms with Crippen molar-refractivity contribution in [2.45, 2.75) is 19.4 Å². The molecule has 1 saturated heterocycles. The molecule has 0 aromatic heterocycles. The number of aliphatic hydroxyl groups excluding tert-OH is 1. The van der Waals surface area contributed by atoms with Gasteiger partial charge in [-0.3, -0.25) is 9.69 Å². The summed E-state index contributed by atoms with van der Waals surface area (Å²) in [5, 5.41) is 9.05. The summed E-state index contributed by atoms with van der Waals surface area (Å²) in [6.45, 7) is 7.75. The van der Waals surface area contributed by atoms with Crippen LogP contribution in [0.15, 0.2) is 36.9 Å². The van der Waals surface area contributed by atoms with Gasteiger partial charge < -0.3 is 10.0 Å². The van der Waals surface area contributed by atoms with Crippen molar-refractivity contribution in [2.24, 2.45) is 0 Å². The number of aliphatic hydroxyl groups is 1. The van der Waals surface area contributed by atoms with Crippen LogP contribution < -0.4 is 0 Å². The molecule has 21 heavy (non-hydrogen) atoms. The number of hydrogen-bond donors (Lipinski definition) is 1. The van der Waals surface area contributed by atoms with E-state index in [1.165, 1.54) is 0 Å². The predicted molar refractivity (Wildman–Crippen MR) is 84.1 cm³/mol. The Hall–Kier alpha value is -1.65. The average molecular weight is 288 g/mol. The monoisotopic (exact) mass is 288 g/mol. The lowest BCUT2D eigenvalue weighted by Gasteiger charge is -2.20. The second kappa shape index (κ2) is 7.96. The predicted octanol–water partition coefficient (Wildman–Crippen LogP) is 1.90. The molecule has 1 aliphatic rings. The Bertz CT molecular complexity index is 464. The molecule has 0 bridgehead atoms. The molecule has 0 saturated carbocycles. The van der Waals surface area contributed by atoms with Gasteiger partial charge in [-0.25, -0.2) is 0 Å². The number of hydrogen-bond acceptors (Lipinski definition) is 3. The fraction of sp³-hybridized carbons (Fsp3) is 0.471. The third-order valence-corrected chi connectivity index (χ3v) is 3.80. The van der Waals surface area contributed by atoms with E-state index in [1.807, 2.05) is 35.2 Å². The number of carbonyl (C=O) groups excluding carboxylic acids is 1. The summed E-state index contributed by atoms with van der Waals surface area (Å²) in [7, 11) is 0.